The Morgan fingerprint density at radius 3 is 1.37 bits per heavy atom. The lowest BCUT2D eigenvalue weighted by atomic mass is 9.77. The first-order chi connectivity index (χ1) is 9.14. The van der Waals surface area contributed by atoms with Crippen LogP contribution in [-0.2, 0) is 0 Å². The third-order valence-corrected chi connectivity index (χ3v) is 5.12. The van der Waals surface area contributed by atoms with Gasteiger partial charge in [-0.15, -0.1) is 11.6 Å². The Hall–Kier alpha value is 0.290. The lowest BCUT2D eigenvalue weighted by Gasteiger charge is -2.36. The molecule has 116 valence electrons. The highest BCUT2D eigenvalue weighted by atomic mass is 35.5. The van der Waals surface area contributed by atoms with Gasteiger partial charge in [-0.1, -0.05) is 79.1 Å². The van der Waals surface area contributed by atoms with Crippen LogP contribution in [0.3, 0.4) is 0 Å². The number of unbranched alkanes of at least 4 members (excludes halogenated alkanes) is 4. The molecule has 0 unspecified atom stereocenters. The molecule has 0 spiro atoms. The summed E-state index contributed by atoms with van der Waals surface area (Å²) in [7, 11) is 0. The van der Waals surface area contributed by atoms with Crippen molar-refractivity contribution < 1.29 is 0 Å². The van der Waals surface area contributed by atoms with Crippen molar-refractivity contribution in [3.8, 4) is 0 Å². The minimum Gasteiger partial charge on any atom is -0.119 e. The van der Waals surface area contributed by atoms with E-state index < -0.39 is 0 Å². The largest absolute Gasteiger partial charge is 0.119 e. The second-order valence-electron chi connectivity index (χ2n) is 6.22. The highest BCUT2D eigenvalue weighted by Gasteiger charge is 2.34. The number of hydrogen-bond acceptors (Lipinski definition) is 0. The number of alkyl halides is 1. The second-order valence-corrected chi connectivity index (χ2v) is 6.98. The Balaban J connectivity index is 4.64. The van der Waals surface area contributed by atoms with Crippen LogP contribution in [0.5, 0.6) is 0 Å². The van der Waals surface area contributed by atoms with Crippen LogP contribution in [0.15, 0.2) is 0 Å². The van der Waals surface area contributed by atoms with E-state index in [4.69, 9.17) is 11.6 Å². The van der Waals surface area contributed by atoms with Crippen LogP contribution in [0.1, 0.15) is 105 Å². The molecule has 0 saturated heterocycles. The number of hydrogen-bond donors (Lipinski definition) is 0. The van der Waals surface area contributed by atoms with Gasteiger partial charge in [0.05, 0.1) is 0 Å². The van der Waals surface area contributed by atoms with Crippen LogP contribution >= 0.6 is 11.6 Å². The molecule has 1 heteroatoms. The molecule has 0 N–H and O–H groups in total. The zero-order chi connectivity index (χ0) is 14.6. The molecule has 0 fully saturated rings. The highest BCUT2D eigenvalue weighted by molar-refractivity contribution is 6.24. The molecule has 0 nitrogen and oxygen atoms in total. The average molecular weight is 289 g/mol. The van der Waals surface area contributed by atoms with Crippen LogP contribution in [-0.4, -0.2) is 4.87 Å². The standard InChI is InChI=1S/C18H37Cl/c1-5-9-13-17(14-10-6-2)18(19,15-11-7-3)16-12-8-4/h17H,5-16H2,1-4H3. The van der Waals surface area contributed by atoms with E-state index in [0.29, 0.717) is 0 Å². The quantitative estimate of drug-likeness (QED) is 0.311. The third-order valence-electron chi connectivity index (χ3n) is 4.44. The summed E-state index contributed by atoms with van der Waals surface area (Å²) in [5.74, 6) is 0.743. The predicted octanol–water partition coefficient (Wildman–Crippen LogP) is 7.34. The van der Waals surface area contributed by atoms with Crippen molar-refractivity contribution in [1.82, 2.24) is 0 Å². The van der Waals surface area contributed by atoms with Crippen molar-refractivity contribution in [3.05, 3.63) is 0 Å². The molecule has 0 aliphatic rings. The van der Waals surface area contributed by atoms with E-state index in [1.54, 1.807) is 0 Å². The molecule has 0 aliphatic carbocycles. The van der Waals surface area contributed by atoms with Gasteiger partial charge in [0.2, 0.25) is 0 Å². The topological polar surface area (TPSA) is 0 Å². The maximum absolute atomic E-state index is 7.13. The SMILES string of the molecule is CCCCC(CCCC)C(Cl)(CCCC)CCCC. The van der Waals surface area contributed by atoms with Crippen LogP contribution in [0.4, 0.5) is 0 Å². The molecule has 0 aromatic carbocycles. The lowest BCUT2D eigenvalue weighted by molar-refractivity contribution is 0.270. The van der Waals surface area contributed by atoms with Crippen LogP contribution in [0.2, 0.25) is 0 Å². The smallest absolute Gasteiger partial charge is 0.0475 e. The summed E-state index contributed by atoms with van der Waals surface area (Å²) >= 11 is 7.13. The first kappa shape index (κ1) is 19.3. The monoisotopic (exact) mass is 288 g/mol. The maximum atomic E-state index is 7.13. The molecule has 19 heavy (non-hydrogen) atoms. The molecule has 0 saturated carbocycles. The van der Waals surface area contributed by atoms with E-state index >= 15 is 0 Å². The fourth-order valence-electron chi connectivity index (χ4n) is 3.04. The van der Waals surface area contributed by atoms with Gasteiger partial charge in [0.25, 0.3) is 0 Å². The summed E-state index contributed by atoms with van der Waals surface area (Å²) in [6.45, 7) is 9.16. The Kier molecular flexibility index (Phi) is 12.2. The molecule has 0 rings (SSSR count). The van der Waals surface area contributed by atoms with Gasteiger partial charge in [-0.3, -0.25) is 0 Å². The van der Waals surface area contributed by atoms with Crippen molar-refractivity contribution in [3.63, 3.8) is 0 Å². The second kappa shape index (κ2) is 12.1. The Morgan fingerprint density at radius 1 is 0.684 bits per heavy atom. The number of rotatable bonds is 13. The van der Waals surface area contributed by atoms with Gasteiger partial charge >= 0.3 is 0 Å². The van der Waals surface area contributed by atoms with Crippen molar-refractivity contribution in [1.29, 1.82) is 0 Å². The molecule has 0 amide bonds. The lowest BCUT2D eigenvalue weighted by Crippen LogP contribution is -2.32. The first-order valence-electron chi connectivity index (χ1n) is 8.83. The maximum Gasteiger partial charge on any atom is 0.0475 e. The minimum atomic E-state index is 0.0936. The van der Waals surface area contributed by atoms with Crippen molar-refractivity contribution in [2.45, 2.75) is 110 Å². The van der Waals surface area contributed by atoms with Crippen LogP contribution in [0, 0.1) is 5.92 Å². The van der Waals surface area contributed by atoms with Gasteiger partial charge in [-0.2, -0.15) is 0 Å². The molecular weight excluding hydrogens is 252 g/mol. The molecule has 0 bridgehead atoms. The molecule has 0 heterocycles. The van der Waals surface area contributed by atoms with Gasteiger partial charge in [0, 0.05) is 4.87 Å². The van der Waals surface area contributed by atoms with Crippen molar-refractivity contribution in [2.75, 3.05) is 0 Å². The summed E-state index contributed by atoms with van der Waals surface area (Å²) in [5.41, 5.74) is 0. The Morgan fingerprint density at radius 2 is 1.05 bits per heavy atom. The minimum absolute atomic E-state index is 0.0936. The molecule has 0 radical (unpaired) electrons. The van der Waals surface area contributed by atoms with E-state index in [9.17, 15) is 0 Å². The van der Waals surface area contributed by atoms with Crippen LogP contribution < -0.4 is 0 Å². The summed E-state index contributed by atoms with van der Waals surface area (Å²) in [6.07, 6.45) is 15.6. The van der Waals surface area contributed by atoms with Crippen molar-refractivity contribution in [2.24, 2.45) is 5.92 Å². The van der Waals surface area contributed by atoms with E-state index in [-0.39, 0.29) is 4.87 Å². The first-order valence-corrected chi connectivity index (χ1v) is 9.21. The van der Waals surface area contributed by atoms with Gasteiger partial charge in [0.15, 0.2) is 0 Å². The van der Waals surface area contributed by atoms with Crippen LogP contribution in [0.25, 0.3) is 0 Å². The third kappa shape index (κ3) is 8.23. The molecular formula is C18H37Cl. The van der Waals surface area contributed by atoms with Gasteiger partial charge in [-0.05, 0) is 31.6 Å². The zero-order valence-corrected chi connectivity index (χ0v) is 14.7. The van der Waals surface area contributed by atoms with E-state index in [0.717, 1.165) is 5.92 Å². The predicted molar refractivity (Wildman–Crippen MR) is 90.2 cm³/mol. The fraction of sp³-hybridized carbons (Fsp3) is 1.00. The normalized spacial score (nSPS) is 12.3. The molecule has 0 aromatic rings. The molecule has 0 aromatic heterocycles. The summed E-state index contributed by atoms with van der Waals surface area (Å²) in [5, 5.41) is 0. The summed E-state index contributed by atoms with van der Waals surface area (Å²) < 4.78 is 0. The molecule has 0 atom stereocenters. The average Bonchev–Trinajstić information content (AvgIpc) is 2.43. The zero-order valence-electron chi connectivity index (χ0n) is 13.9. The summed E-state index contributed by atoms with van der Waals surface area (Å²) in [4.78, 5) is 0.0936. The van der Waals surface area contributed by atoms with Crippen molar-refractivity contribution >= 4 is 11.6 Å². The number of halogens is 1. The Labute approximate surface area is 127 Å². The highest BCUT2D eigenvalue weighted by Crippen LogP contribution is 2.41. The van der Waals surface area contributed by atoms with Gasteiger partial charge in [0.1, 0.15) is 0 Å². The Bertz CT molecular complexity index is 172. The van der Waals surface area contributed by atoms with E-state index in [2.05, 4.69) is 27.7 Å². The fourth-order valence-corrected chi connectivity index (χ4v) is 3.52. The summed E-state index contributed by atoms with van der Waals surface area (Å²) in [6, 6.07) is 0. The van der Waals surface area contributed by atoms with E-state index in [1.165, 1.54) is 77.0 Å². The van der Waals surface area contributed by atoms with E-state index in [1.807, 2.05) is 0 Å². The van der Waals surface area contributed by atoms with Gasteiger partial charge in [-0.25, -0.2) is 0 Å². The molecule has 0 aliphatic heterocycles. The van der Waals surface area contributed by atoms with Gasteiger partial charge < -0.3 is 0 Å².